The van der Waals surface area contributed by atoms with Gasteiger partial charge in [0.25, 0.3) is 0 Å². The highest BCUT2D eigenvalue weighted by Gasteiger charge is 2.13. The van der Waals surface area contributed by atoms with Gasteiger partial charge in [0.15, 0.2) is 0 Å². The number of aromatic carboxylic acids is 4. The van der Waals surface area contributed by atoms with Gasteiger partial charge in [0.05, 0.1) is 22.3 Å². The second kappa shape index (κ2) is 12.9. The largest absolute Gasteiger partial charge is 0.478 e. The Labute approximate surface area is 239 Å². The summed E-state index contributed by atoms with van der Waals surface area (Å²) in [6, 6.07) is 18.8. The highest BCUT2D eigenvalue weighted by Crippen LogP contribution is 2.21. The van der Waals surface area contributed by atoms with E-state index >= 15 is 0 Å². The smallest absolute Gasteiger partial charge is 0.337 e. The molecule has 12 N–H and O–H groups in total. The Balaban J connectivity index is 0.000000230. The molecule has 0 aliphatic rings. The van der Waals surface area contributed by atoms with E-state index in [1.807, 2.05) is 0 Å². The van der Waals surface area contributed by atoms with Crippen LogP contribution >= 0.6 is 0 Å². The predicted molar refractivity (Wildman–Crippen MR) is 157 cm³/mol. The average molecular weight is 573 g/mol. The fourth-order valence-corrected chi connectivity index (χ4v) is 4.07. The van der Waals surface area contributed by atoms with Crippen LogP contribution in [0.1, 0.15) is 63.7 Å². The van der Waals surface area contributed by atoms with Crippen LogP contribution in [0.5, 0.6) is 0 Å². The summed E-state index contributed by atoms with van der Waals surface area (Å²) >= 11 is 0. The van der Waals surface area contributed by atoms with Crippen LogP contribution in [0.2, 0.25) is 0 Å². The molecule has 0 spiro atoms. The molecule has 0 heterocycles. The van der Waals surface area contributed by atoms with Crippen molar-refractivity contribution in [1.82, 2.24) is 0 Å². The van der Waals surface area contributed by atoms with E-state index in [1.54, 1.807) is 24.3 Å². The first-order valence-corrected chi connectivity index (χ1v) is 12.2. The maximum Gasteiger partial charge on any atom is 0.337 e. The number of rotatable bonds is 8. The molecule has 4 rings (SSSR count). The van der Waals surface area contributed by atoms with E-state index < -0.39 is 23.9 Å². The molecule has 0 radical (unpaired) electrons. The van der Waals surface area contributed by atoms with E-state index in [-0.39, 0.29) is 45.0 Å². The molecular formula is C30H28N4O8. The van der Waals surface area contributed by atoms with E-state index in [1.165, 1.54) is 48.5 Å². The summed E-state index contributed by atoms with van der Waals surface area (Å²) in [5.74, 6) is -4.40. The number of carboxylic acid groups (broad SMARTS) is 4. The minimum absolute atomic E-state index is 0.0291. The molecule has 0 fully saturated rings. The van der Waals surface area contributed by atoms with E-state index in [2.05, 4.69) is 0 Å². The van der Waals surface area contributed by atoms with E-state index in [9.17, 15) is 19.2 Å². The van der Waals surface area contributed by atoms with Crippen molar-refractivity contribution in [2.24, 2.45) is 0 Å². The van der Waals surface area contributed by atoms with Gasteiger partial charge in [-0.25, -0.2) is 19.2 Å². The number of carbonyl (C=O) groups is 4. The Morgan fingerprint density at radius 1 is 0.405 bits per heavy atom. The minimum Gasteiger partial charge on any atom is -0.478 e. The fraction of sp³-hybridized carbons (Fsp3) is 0.0667. The van der Waals surface area contributed by atoms with Crippen molar-refractivity contribution >= 4 is 46.6 Å². The summed E-state index contributed by atoms with van der Waals surface area (Å²) in [4.78, 5) is 44.2. The van der Waals surface area contributed by atoms with E-state index in [0.717, 1.165) is 22.3 Å². The number of hydrogen-bond acceptors (Lipinski definition) is 8. The molecule has 0 amide bonds. The fourth-order valence-electron chi connectivity index (χ4n) is 4.07. The van der Waals surface area contributed by atoms with Crippen LogP contribution in [-0.4, -0.2) is 44.3 Å². The number of nitrogen functional groups attached to an aromatic ring is 4. The number of carboxylic acids is 4. The summed E-state index contributed by atoms with van der Waals surface area (Å²) in [6.45, 7) is 0. The Kier molecular flexibility index (Phi) is 9.35. The minimum atomic E-state index is -1.10. The third-order valence-electron chi connectivity index (χ3n) is 6.21. The molecule has 216 valence electrons. The van der Waals surface area contributed by atoms with Crippen molar-refractivity contribution in [1.29, 1.82) is 0 Å². The van der Waals surface area contributed by atoms with Crippen LogP contribution in [0, 0.1) is 0 Å². The second-order valence-corrected chi connectivity index (χ2v) is 9.26. The SMILES string of the molecule is Nc1ccc(Cc2ccc(N)c(C(=O)O)c2)cc1C(=O)O.Nc1ccc(Cc2ccc(N)c(C(=O)O)c2)cc1C(=O)O. The van der Waals surface area contributed by atoms with Crippen LogP contribution in [0.25, 0.3) is 0 Å². The zero-order valence-electron chi connectivity index (χ0n) is 22.1. The van der Waals surface area contributed by atoms with Gasteiger partial charge in [0.2, 0.25) is 0 Å². The van der Waals surface area contributed by atoms with Crippen LogP contribution in [0.4, 0.5) is 22.7 Å². The maximum atomic E-state index is 11.0. The predicted octanol–water partition coefficient (Wildman–Crippen LogP) is 3.68. The summed E-state index contributed by atoms with van der Waals surface area (Å²) in [6.07, 6.45) is 0.780. The standard InChI is InChI=1S/2C15H14N2O4/c2*16-12-3-1-8(6-10(12)14(18)19)5-9-2-4-13(17)11(7-9)15(20)21/h2*1-4,6-7H,5,16-17H2,(H,18,19)(H,20,21). The number of hydrogen-bond donors (Lipinski definition) is 8. The van der Waals surface area contributed by atoms with Crippen LogP contribution in [-0.2, 0) is 12.8 Å². The molecular weight excluding hydrogens is 544 g/mol. The highest BCUT2D eigenvalue weighted by molar-refractivity contribution is 5.95. The average Bonchev–Trinajstić information content (AvgIpc) is 2.92. The van der Waals surface area contributed by atoms with Crippen molar-refractivity contribution in [3.63, 3.8) is 0 Å². The third-order valence-corrected chi connectivity index (χ3v) is 6.21. The quantitative estimate of drug-likeness (QED) is 0.141. The molecule has 12 nitrogen and oxygen atoms in total. The lowest BCUT2D eigenvalue weighted by Crippen LogP contribution is -2.05. The molecule has 12 heteroatoms. The van der Waals surface area contributed by atoms with Crippen molar-refractivity contribution in [3.05, 3.63) is 117 Å². The van der Waals surface area contributed by atoms with Gasteiger partial charge in [0, 0.05) is 22.7 Å². The zero-order chi connectivity index (χ0) is 31.1. The van der Waals surface area contributed by atoms with Gasteiger partial charge < -0.3 is 43.4 Å². The maximum absolute atomic E-state index is 11.0. The Bertz CT molecular complexity index is 1450. The number of nitrogens with two attached hydrogens (primary N) is 4. The second-order valence-electron chi connectivity index (χ2n) is 9.26. The summed E-state index contributed by atoms with van der Waals surface area (Å²) in [5, 5.41) is 36.1. The number of benzene rings is 4. The Hall–Kier alpha value is -6.04. The molecule has 0 aromatic heterocycles. The summed E-state index contributed by atoms with van der Waals surface area (Å²) < 4.78 is 0. The van der Waals surface area contributed by atoms with Crippen LogP contribution in [0.3, 0.4) is 0 Å². The van der Waals surface area contributed by atoms with E-state index in [0.29, 0.717) is 12.8 Å². The Morgan fingerprint density at radius 3 is 0.762 bits per heavy atom. The highest BCUT2D eigenvalue weighted by atomic mass is 16.4. The molecule has 4 aromatic rings. The van der Waals surface area contributed by atoms with Gasteiger partial charge in [-0.1, -0.05) is 24.3 Å². The molecule has 4 aromatic carbocycles. The van der Waals surface area contributed by atoms with Gasteiger partial charge >= 0.3 is 23.9 Å². The molecule has 0 saturated carbocycles. The van der Waals surface area contributed by atoms with Gasteiger partial charge in [0.1, 0.15) is 0 Å². The topological polar surface area (TPSA) is 253 Å². The van der Waals surface area contributed by atoms with Gasteiger partial charge in [-0.05, 0) is 83.6 Å². The molecule has 0 unspecified atom stereocenters. The van der Waals surface area contributed by atoms with Gasteiger partial charge in [-0.3, -0.25) is 0 Å². The van der Waals surface area contributed by atoms with Crippen molar-refractivity contribution in [2.45, 2.75) is 12.8 Å². The lowest BCUT2D eigenvalue weighted by molar-refractivity contribution is 0.0687. The van der Waals surface area contributed by atoms with E-state index in [4.69, 9.17) is 43.4 Å². The van der Waals surface area contributed by atoms with Crippen molar-refractivity contribution < 1.29 is 39.6 Å². The van der Waals surface area contributed by atoms with Crippen molar-refractivity contribution in [3.8, 4) is 0 Å². The summed E-state index contributed by atoms with van der Waals surface area (Å²) in [7, 11) is 0. The molecule has 42 heavy (non-hydrogen) atoms. The molecule has 0 aliphatic carbocycles. The molecule has 0 saturated heterocycles. The van der Waals surface area contributed by atoms with Crippen LogP contribution < -0.4 is 22.9 Å². The molecule has 0 aliphatic heterocycles. The van der Waals surface area contributed by atoms with Gasteiger partial charge in [-0.15, -0.1) is 0 Å². The first-order valence-electron chi connectivity index (χ1n) is 12.2. The normalized spacial score (nSPS) is 10.3. The zero-order valence-corrected chi connectivity index (χ0v) is 22.1. The summed E-state index contributed by atoms with van der Waals surface area (Å²) in [5.41, 5.74) is 26.1. The first-order chi connectivity index (χ1) is 19.8. The lowest BCUT2D eigenvalue weighted by Gasteiger charge is -2.08. The monoisotopic (exact) mass is 572 g/mol. The molecule has 0 atom stereocenters. The van der Waals surface area contributed by atoms with Crippen LogP contribution in [0.15, 0.2) is 72.8 Å². The van der Waals surface area contributed by atoms with Gasteiger partial charge in [-0.2, -0.15) is 0 Å². The molecule has 0 bridgehead atoms. The first kappa shape index (κ1) is 30.5. The van der Waals surface area contributed by atoms with Crippen molar-refractivity contribution in [2.75, 3.05) is 22.9 Å². The number of anilines is 4. The Morgan fingerprint density at radius 2 is 0.595 bits per heavy atom. The lowest BCUT2D eigenvalue weighted by atomic mass is 9.99. The third kappa shape index (κ3) is 7.54.